The van der Waals surface area contributed by atoms with Crippen LogP contribution in [0.1, 0.15) is 5.69 Å². The number of hydrogen-bond donors (Lipinski definition) is 1. The zero-order valence-electron chi connectivity index (χ0n) is 11.7. The lowest BCUT2D eigenvalue weighted by molar-refractivity contribution is 0.215. The standard InChI is InChI=1S/C12H20N4O2S/c1-8-5-11(18-14-8)13-12(17)16-6-9(15(2)3)10(7-16)19-4/h5,9-10H,6-7H2,1-4H3,(H,13,17)/t9-,10-/m0/s1. The number of aryl methyl sites for hydroxylation is 1. The van der Waals surface area contributed by atoms with Gasteiger partial charge >= 0.3 is 6.03 Å². The largest absolute Gasteiger partial charge is 0.338 e. The molecule has 2 amide bonds. The predicted molar refractivity (Wildman–Crippen MR) is 76.6 cm³/mol. The van der Waals surface area contributed by atoms with Gasteiger partial charge in [-0.05, 0) is 27.3 Å². The topological polar surface area (TPSA) is 61.6 Å². The fourth-order valence-corrected chi connectivity index (χ4v) is 3.23. The molecule has 6 nitrogen and oxygen atoms in total. The van der Waals surface area contributed by atoms with E-state index in [0.29, 0.717) is 17.2 Å². The van der Waals surface area contributed by atoms with Crippen LogP contribution in [0.3, 0.4) is 0 Å². The van der Waals surface area contributed by atoms with Gasteiger partial charge in [-0.2, -0.15) is 11.8 Å². The van der Waals surface area contributed by atoms with E-state index in [4.69, 9.17) is 4.52 Å². The van der Waals surface area contributed by atoms with Crippen LogP contribution in [-0.4, -0.2) is 65.7 Å². The van der Waals surface area contributed by atoms with Gasteiger partial charge in [-0.15, -0.1) is 0 Å². The van der Waals surface area contributed by atoms with E-state index >= 15 is 0 Å². The summed E-state index contributed by atoms with van der Waals surface area (Å²) in [5.74, 6) is 0.400. The van der Waals surface area contributed by atoms with Crippen molar-refractivity contribution in [2.24, 2.45) is 0 Å². The highest BCUT2D eigenvalue weighted by molar-refractivity contribution is 7.99. The van der Waals surface area contributed by atoms with Crippen LogP contribution in [0.15, 0.2) is 10.6 Å². The Kier molecular flexibility index (Phi) is 4.36. The van der Waals surface area contributed by atoms with Crippen molar-refractivity contribution in [3.63, 3.8) is 0 Å². The fraction of sp³-hybridized carbons (Fsp3) is 0.667. The summed E-state index contributed by atoms with van der Waals surface area (Å²) in [4.78, 5) is 16.1. The van der Waals surface area contributed by atoms with Crippen LogP contribution < -0.4 is 5.32 Å². The molecule has 0 bridgehead atoms. The molecular formula is C12H20N4O2S. The number of thioether (sulfide) groups is 1. The van der Waals surface area contributed by atoms with E-state index in [1.54, 1.807) is 17.8 Å². The van der Waals surface area contributed by atoms with Gasteiger partial charge in [0.1, 0.15) is 0 Å². The van der Waals surface area contributed by atoms with Gasteiger partial charge in [0.25, 0.3) is 0 Å². The summed E-state index contributed by atoms with van der Waals surface area (Å²) < 4.78 is 5.00. The van der Waals surface area contributed by atoms with Gasteiger partial charge in [0.15, 0.2) is 0 Å². The Morgan fingerprint density at radius 1 is 1.58 bits per heavy atom. The predicted octanol–water partition coefficient (Wildman–Crippen LogP) is 1.49. The highest BCUT2D eigenvalue weighted by atomic mass is 32.2. The zero-order chi connectivity index (χ0) is 14.0. The lowest BCUT2D eigenvalue weighted by Gasteiger charge is -2.23. The van der Waals surface area contributed by atoms with Gasteiger partial charge in [-0.3, -0.25) is 5.32 Å². The van der Waals surface area contributed by atoms with E-state index in [0.717, 1.165) is 18.8 Å². The van der Waals surface area contributed by atoms with E-state index < -0.39 is 0 Å². The Bertz CT molecular complexity index is 449. The van der Waals surface area contributed by atoms with E-state index in [2.05, 4.69) is 35.7 Å². The minimum atomic E-state index is -0.125. The molecule has 1 aliphatic heterocycles. The molecule has 1 saturated heterocycles. The van der Waals surface area contributed by atoms with Crippen LogP contribution in [0.25, 0.3) is 0 Å². The molecule has 7 heteroatoms. The number of hydrogen-bond acceptors (Lipinski definition) is 5. The maximum atomic E-state index is 12.2. The number of urea groups is 1. The summed E-state index contributed by atoms with van der Waals surface area (Å²) in [6.45, 7) is 3.31. The molecule has 2 heterocycles. The van der Waals surface area contributed by atoms with E-state index in [1.807, 2.05) is 11.8 Å². The van der Waals surface area contributed by atoms with Gasteiger partial charge in [0, 0.05) is 30.4 Å². The Balaban J connectivity index is 1.97. The number of likely N-dealkylation sites (tertiary alicyclic amines) is 1. The normalized spacial score (nSPS) is 23.1. The quantitative estimate of drug-likeness (QED) is 0.911. The second kappa shape index (κ2) is 5.83. The third-order valence-corrected chi connectivity index (χ3v) is 4.42. The van der Waals surface area contributed by atoms with Crippen LogP contribution >= 0.6 is 11.8 Å². The number of carbonyl (C=O) groups excluding carboxylic acids is 1. The van der Waals surface area contributed by atoms with Crippen molar-refractivity contribution in [3.8, 4) is 0 Å². The molecule has 1 N–H and O–H groups in total. The third kappa shape index (κ3) is 3.22. The average molecular weight is 284 g/mol. The molecule has 2 rings (SSSR count). The number of rotatable bonds is 3. The van der Waals surface area contributed by atoms with Crippen molar-refractivity contribution in [1.82, 2.24) is 15.0 Å². The first-order valence-electron chi connectivity index (χ1n) is 6.19. The summed E-state index contributed by atoms with van der Waals surface area (Å²) in [5.41, 5.74) is 0.755. The molecule has 0 radical (unpaired) electrons. The summed E-state index contributed by atoms with van der Waals surface area (Å²) in [7, 11) is 4.10. The molecular weight excluding hydrogens is 264 g/mol. The summed E-state index contributed by atoms with van der Waals surface area (Å²) in [5, 5.41) is 6.93. The third-order valence-electron chi connectivity index (χ3n) is 3.35. The van der Waals surface area contributed by atoms with Gasteiger partial charge in [-0.1, -0.05) is 5.16 Å². The summed E-state index contributed by atoms with van der Waals surface area (Å²) in [6, 6.07) is 1.97. The van der Waals surface area contributed by atoms with E-state index in [9.17, 15) is 4.79 Å². The Morgan fingerprint density at radius 2 is 2.32 bits per heavy atom. The van der Waals surface area contributed by atoms with Crippen molar-refractivity contribution in [1.29, 1.82) is 0 Å². The number of aromatic nitrogens is 1. The van der Waals surface area contributed by atoms with Gasteiger partial charge < -0.3 is 14.3 Å². The number of carbonyl (C=O) groups is 1. The summed E-state index contributed by atoms with van der Waals surface area (Å²) >= 11 is 1.80. The lowest BCUT2D eigenvalue weighted by atomic mass is 10.2. The molecule has 0 aromatic carbocycles. The minimum absolute atomic E-state index is 0.125. The van der Waals surface area contributed by atoms with Crippen LogP contribution in [0, 0.1) is 6.92 Å². The van der Waals surface area contributed by atoms with Crippen molar-refractivity contribution < 1.29 is 9.32 Å². The van der Waals surface area contributed by atoms with Crippen molar-refractivity contribution >= 4 is 23.7 Å². The number of amides is 2. The molecule has 1 aromatic heterocycles. The maximum absolute atomic E-state index is 12.2. The van der Waals surface area contributed by atoms with E-state index in [-0.39, 0.29) is 6.03 Å². The molecule has 1 aromatic rings. The molecule has 2 atom stereocenters. The van der Waals surface area contributed by atoms with Crippen molar-refractivity contribution in [2.45, 2.75) is 18.2 Å². The van der Waals surface area contributed by atoms with Crippen LogP contribution in [0.2, 0.25) is 0 Å². The highest BCUT2D eigenvalue weighted by Gasteiger charge is 2.36. The molecule has 19 heavy (non-hydrogen) atoms. The Morgan fingerprint density at radius 3 is 2.79 bits per heavy atom. The molecule has 0 aliphatic carbocycles. The molecule has 0 spiro atoms. The lowest BCUT2D eigenvalue weighted by Crippen LogP contribution is -2.38. The van der Waals surface area contributed by atoms with Crippen molar-refractivity contribution in [2.75, 3.05) is 38.8 Å². The molecule has 1 fully saturated rings. The molecule has 0 unspecified atom stereocenters. The molecule has 0 saturated carbocycles. The monoisotopic (exact) mass is 284 g/mol. The number of anilines is 1. The first kappa shape index (κ1) is 14.2. The van der Waals surface area contributed by atoms with E-state index in [1.165, 1.54) is 0 Å². The molecule has 106 valence electrons. The Labute approximate surface area is 117 Å². The second-order valence-electron chi connectivity index (χ2n) is 4.97. The number of nitrogens with one attached hydrogen (secondary N) is 1. The van der Waals surface area contributed by atoms with Crippen LogP contribution in [-0.2, 0) is 0 Å². The number of likely N-dealkylation sites (N-methyl/N-ethyl adjacent to an activating group) is 1. The van der Waals surface area contributed by atoms with Crippen molar-refractivity contribution in [3.05, 3.63) is 11.8 Å². The zero-order valence-corrected chi connectivity index (χ0v) is 12.5. The first-order valence-corrected chi connectivity index (χ1v) is 7.48. The smallest absolute Gasteiger partial charge is 0.324 e. The average Bonchev–Trinajstić information content (AvgIpc) is 2.95. The number of nitrogens with zero attached hydrogens (tertiary/aromatic N) is 3. The summed E-state index contributed by atoms with van der Waals surface area (Å²) in [6.07, 6.45) is 2.09. The highest BCUT2D eigenvalue weighted by Crippen LogP contribution is 2.24. The SMILES string of the molecule is CS[C@H]1CN(C(=O)Nc2cc(C)no2)C[C@@H]1N(C)C. The van der Waals surface area contributed by atoms with Crippen LogP contribution in [0.4, 0.5) is 10.7 Å². The van der Waals surface area contributed by atoms with Gasteiger partial charge in [0.2, 0.25) is 5.88 Å². The molecule has 1 aliphatic rings. The van der Waals surface area contributed by atoms with Gasteiger partial charge in [-0.25, -0.2) is 4.79 Å². The van der Waals surface area contributed by atoms with Crippen LogP contribution in [0.5, 0.6) is 0 Å². The van der Waals surface area contributed by atoms with Gasteiger partial charge in [0.05, 0.1) is 5.69 Å². The minimum Gasteiger partial charge on any atom is -0.338 e. The first-order chi connectivity index (χ1) is 9.01. The fourth-order valence-electron chi connectivity index (χ4n) is 2.26. The maximum Gasteiger partial charge on any atom is 0.324 e. The second-order valence-corrected chi connectivity index (χ2v) is 6.05. The Hall–Kier alpha value is -1.21.